The third-order valence-electron chi connectivity index (χ3n) is 5.13. The summed E-state index contributed by atoms with van der Waals surface area (Å²) in [5.74, 6) is -2.49. The van der Waals surface area contributed by atoms with Gasteiger partial charge in [0.15, 0.2) is 11.6 Å². The lowest BCUT2D eigenvalue weighted by molar-refractivity contribution is -0.141. The minimum Gasteiger partial charge on any atom is -0.380 e. The standard InChI is InChI=1S/C21H19F5N4O2/c22-15-3-2-13(8-16(15)23)9-17-14-11-27-18(20(31)29-4-1-6-32-7-5-29)10-19(14)30(28-17)12-21(24,25)26/h2-3,8,10-11H,1,4-7,9,12H2. The van der Waals surface area contributed by atoms with Gasteiger partial charge in [-0.3, -0.25) is 14.5 Å². The molecule has 11 heteroatoms. The summed E-state index contributed by atoms with van der Waals surface area (Å²) in [6.45, 7) is 0.361. The van der Waals surface area contributed by atoms with Crippen molar-refractivity contribution in [3.63, 3.8) is 0 Å². The van der Waals surface area contributed by atoms with Gasteiger partial charge in [-0.15, -0.1) is 0 Å². The second kappa shape index (κ2) is 8.81. The monoisotopic (exact) mass is 454 g/mol. The molecule has 2 aromatic heterocycles. The summed E-state index contributed by atoms with van der Waals surface area (Å²) in [4.78, 5) is 18.5. The zero-order valence-electron chi connectivity index (χ0n) is 16.8. The van der Waals surface area contributed by atoms with Gasteiger partial charge in [0.25, 0.3) is 5.91 Å². The number of fused-ring (bicyclic) bond motifs is 1. The Morgan fingerprint density at radius 3 is 2.66 bits per heavy atom. The molecular weight excluding hydrogens is 435 g/mol. The maximum atomic E-state index is 13.6. The number of benzene rings is 1. The molecule has 0 radical (unpaired) electrons. The van der Waals surface area contributed by atoms with Gasteiger partial charge in [0, 0.05) is 37.7 Å². The number of hydrogen-bond donors (Lipinski definition) is 0. The Morgan fingerprint density at radius 2 is 1.91 bits per heavy atom. The highest BCUT2D eigenvalue weighted by Crippen LogP contribution is 2.26. The number of carbonyl (C=O) groups excluding carboxylic acids is 1. The summed E-state index contributed by atoms with van der Waals surface area (Å²) in [6.07, 6.45) is -2.63. The number of rotatable bonds is 4. The van der Waals surface area contributed by atoms with Gasteiger partial charge in [-0.2, -0.15) is 18.3 Å². The average Bonchev–Trinajstić information content (AvgIpc) is 2.91. The lowest BCUT2D eigenvalue weighted by Gasteiger charge is -2.19. The number of amides is 1. The Hall–Kier alpha value is -3.08. The first kappa shape index (κ1) is 22.1. The number of hydrogen-bond acceptors (Lipinski definition) is 4. The van der Waals surface area contributed by atoms with Crippen LogP contribution >= 0.6 is 0 Å². The Kier molecular flexibility index (Phi) is 6.09. The van der Waals surface area contributed by atoms with E-state index in [1.54, 1.807) is 4.90 Å². The van der Waals surface area contributed by atoms with Crippen molar-refractivity contribution in [1.29, 1.82) is 0 Å². The van der Waals surface area contributed by atoms with Crippen molar-refractivity contribution in [2.24, 2.45) is 0 Å². The van der Waals surface area contributed by atoms with E-state index in [1.807, 2.05) is 0 Å². The van der Waals surface area contributed by atoms with E-state index in [1.165, 1.54) is 18.3 Å². The molecule has 32 heavy (non-hydrogen) atoms. The second-order valence-corrected chi connectivity index (χ2v) is 7.49. The normalized spacial score (nSPS) is 15.2. The molecule has 1 aliphatic heterocycles. The highest BCUT2D eigenvalue weighted by Gasteiger charge is 2.30. The minimum absolute atomic E-state index is 0.00195. The van der Waals surface area contributed by atoms with Crippen LogP contribution in [0.3, 0.4) is 0 Å². The number of pyridine rings is 1. The second-order valence-electron chi connectivity index (χ2n) is 7.49. The molecule has 6 nitrogen and oxygen atoms in total. The quantitative estimate of drug-likeness (QED) is 0.564. The molecule has 1 saturated heterocycles. The van der Waals surface area contributed by atoms with Crippen molar-refractivity contribution in [1.82, 2.24) is 19.7 Å². The van der Waals surface area contributed by atoms with Crippen LogP contribution in [0.2, 0.25) is 0 Å². The van der Waals surface area contributed by atoms with Gasteiger partial charge in [-0.05, 0) is 30.2 Å². The maximum absolute atomic E-state index is 13.6. The van der Waals surface area contributed by atoms with Crippen molar-refractivity contribution in [3.8, 4) is 0 Å². The molecule has 0 spiro atoms. The fraction of sp³-hybridized carbons (Fsp3) is 0.381. The van der Waals surface area contributed by atoms with Crippen LogP contribution in [-0.2, 0) is 17.7 Å². The predicted molar refractivity (Wildman–Crippen MR) is 104 cm³/mol. The summed E-state index contributed by atoms with van der Waals surface area (Å²) in [5, 5.41) is 4.35. The highest BCUT2D eigenvalue weighted by atomic mass is 19.4. The summed E-state index contributed by atoms with van der Waals surface area (Å²) < 4.78 is 72.3. The topological polar surface area (TPSA) is 60.2 Å². The first-order chi connectivity index (χ1) is 15.2. The van der Waals surface area contributed by atoms with Crippen LogP contribution in [0, 0.1) is 11.6 Å². The van der Waals surface area contributed by atoms with Crippen molar-refractivity contribution in [2.45, 2.75) is 25.6 Å². The van der Waals surface area contributed by atoms with Crippen molar-refractivity contribution in [3.05, 3.63) is 59.0 Å². The third kappa shape index (κ3) is 4.87. The van der Waals surface area contributed by atoms with Crippen LogP contribution in [-0.4, -0.2) is 58.1 Å². The van der Waals surface area contributed by atoms with Gasteiger partial charge in [0.2, 0.25) is 0 Å². The number of alkyl halides is 3. The van der Waals surface area contributed by atoms with E-state index in [2.05, 4.69) is 10.1 Å². The summed E-state index contributed by atoms with van der Waals surface area (Å²) in [6, 6.07) is 4.53. The first-order valence-corrected chi connectivity index (χ1v) is 9.94. The average molecular weight is 454 g/mol. The molecule has 0 N–H and O–H groups in total. The maximum Gasteiger partial charge on any atom is 0.408 e. The fourth-order valence-electron chi connectivity index (χ4n) is 3.63. The molecule has 1 fully saturated rings. The van der Waals surface area contributed by atoms with Gasteiger partial charge in [0.05, 0.1) is 17.8 Å². The van der Waals surface area contributed by atoms with E-state index in [-0.39, 0.29) is 23.3 Å². The number of aromatic nitrogens is 3. The highest BCUT2D eigenvalue weighted by molar-refractivity contribution is 5.96. The van der Waals surface area contributed by atoms with E-state index in [4.69, 9.17) is 4.74 Å². The van der Waals surface area contributed by atoms with Gasteiger partial charge in [-0.25, -0.2) is 8.78 Å². The van der Waals surface area contributed by atoms with Gasteiger partial charge < -0.3 is 9.64 Å². The molecule has 1 amide bonds. The molecule has 0 saturated carbocycles. The molecule has 0 atom stereocenters. The van der Waals surface area contributed by atoms with E-state index in [0.29, 0.717) is 43.7 Å². The van der Waals surface area contributed by atoms with Crippen LogP contribution < -0.4 is 0 Å². The SMILES string of the molecule is O=C(c1cc2c(cn1)c(Cc1ccc(F)c(F)c1)nn2CC(F)(F)F)N1CCCOCC1. The smallest absolute Gasteiger partial charge is 0.380 e. The van der Waals surface area contributed by atoms with Crippen LogP contribution in [0.15, 0.2) is 30.5 Å². The Morgan fingerprint density at radius 1 is 1.09 bits per heavy atom. The molecule has 4 rings (SSSR count). The zero-order valence-corrected chi connectivity index (χ0v) is 16.8. The summed E-state index contributed by atoms with van der Waals surface area (Å²) >= 11 is 0. The number of nitrogens with zero attached hydrogens (tertiary/aromatic N) is 4. The minimum atomic E-state index is -4.55. The zero-order chi connectivity index (χ0) is 22.9. The van der Waals surface area contributed by atoms with Crippen molar-refractivity contribution in [2.75, 3.05) is 26.3 Å². The van der Waals surface area contributed by atoms with E-state index in [9.17, 15) is 26.7 Å². The fourth-order valence-corrected chi connectivity index (χ4v) is 3.63. The number of carbonyl (C=O) groups is 1. The molecule has 3 heterocycles. The van der Waals surface area contributed by atoms with Gasteiger partial charge in [0.1, 0.15) is 12.2 Å². The third-order valence-corrected chi connectivity index (χ3v) is 5.13. The van der Waals surface area contributed by atoms with Crippen LogP contribution in [0.5, 0.6) is 0 Å². The van der Waals surface area contributed by atoms with Crippen LogP contribution in [0.25, 0.3) is 10.9 Å². The molecule has 0 bridgehead atoms. The molecule has 1 aliphatic rings. The summed E-state index contributed by atoms with van der Waals surface area (Å²) in [7, 11) is 0. The Balaban J connectivity index is 1.72. The van der Waals surface area contributed by atoms with E-state index >= 15 is 0 Å². The molecule has 170 valence electrons. The van der Waals surface area contributed by atoms with E-state index in [0.717, 1.165) is 16.8 Å². The van der Waals surface area contributed by atoms with E-state index < -0.39 is 30.3 Å². The molecular formula is C21H19F5N4O2. The number of ether oxygens (including phenoxy) is 1. The number of halogens is 5. The first-order valence-electron chi connectivity index (χ1n) is 9.94. The molecule has 1 aromatic carbocycles. The van der Waals surface area contributed by atoms with Crippen molar-refractivity contribution >= 4 is 16.8 Å². The van der Waals surface area contributed by atoms with Crippen LogP contribution in [0.4, 0.5) is 22.0 Å². The molecule has 3 aromatic rings. The largest absolute Gasteiger partial charge is 0.408 e. The van der Waals surface area contributed by atoms with Gasteiger partial charge >= 0.3 is 6.18 Å². The van der Waals surface area contributed by atoms with Gasteiger partial charge in [-0.1, -0.05) is 6.07 Å². The lowest BCUT2D eigenvalue weighted by Crippen LogP contribution is -2.33. The summed E-state index contributed by atoms with van der Waals surface area (Å²) in [5.41, 5.74) is 0.642. The Bertz CT molecular complexity index is 1140. The van der Waals surface area contributed by atoms with Crippen LogP contribution in [0.1, 0.15) is 28.2 Å². The predicted octanol–water partition coefficient (Wildman–Crippen LogP) is 3.73. The van der Waals surface area contributed by atoms with Crippen molar-refractivity contribution < 1.29 is 31.5 Å². The lowest BCUT2D eigenvalue weighted by atomic mass is 10.1. The molecule has 0 unspecified atom stereocenters. The Labute approximate surface area is 179 Å². The molecule has 0 aliphatic carbocycles.